The number of anilines is 1. The molecular weight excluding hydrogens is 365 g/mol. The van der Waals surface area contributed by atoms with Gasteiger partial charge in [-0.05, 0) is 51.8 Å². The van der Waals surface area contributed by atoms with Gasteiger partial charge in [-0.25, -0.2) is 13.8 Å². The van der Waals surface area contributed by atoms with Crippen LogP contribution in [0.15, 0.2) is 30.5 Å². The van der Waals surface area contributed by atoms with E-state index in [9.17, 15) is 8.78 Å². The van der Waals surface area contributed by atoms with Gasteiger partial charge in [0.2, 0.25) is 5.88 Å². The summed E-state index contributed by atoms with van der Waals surface area (Å²) in [5.41, 5.74) is 0.937. The van der Waals surface area contributed by atoms with Gasteiger partial charge in [0, 0.05) is 24.3 Å². The van der Waals surface area contributed by atoms with Crippen LogP contribution in [-0.2, 0) is 15.7 Å². The van der Waals surface area contributed by atoms with Crippen LogP contribution in [0.3, 0.4) is 0 Å². The molecule has 1 aliphatic rings. The van der Waals surface area contributed by atoms with Crippen LogP contribution in [0, 0.1) is 11.6 Å². The lowest BCUT2D eigenvalue weighted by Crippen LogP contribution is -2.41. The molecule has 0 spiro atoms. The molecule has 2 aromatic rings. The molecule has 0 amide bonds. The molecule has 1 saturated heterocycles. The maximum absolute atomic E-state index is 13.8. The molecule has 0 unspecified atom stereocenters. The second-order valence-electron chi connectivity index (χ2n) is 7.83. The summed E-state index contributed by atoms with van der Waals surface area (Å²) >= 11 is 0. The lowest BCUT2D eigenvalue weighted by atomic mass is 9.80. The highest BCUT2D eigenvalue weighted by Crippen LogP contribution is 2.36. The molecule has 1 aromatic heterocycles. The van der Waals surface area contributed by atoms with Gasteiger partial charge >= 0.3 is 7.12 Å². The Bertz CT molecular complexity index is 845. The van der Waals surface area contributed by atoms with Crippen molar-refractivity contribution in [3.8, 4) is 5.88 Å². The van der Waals surface area contributed by atoms with E-state index in [-0.39, 0.29) is 0 Å². The second-order valence-corrected chi connectivity index (χ2v) is 7.83. The number of hydrogen-bond acceptors (Lipinski definition) is 5. The first-order valence-electron chi connectivity index (χ1n) is 9.20. The third-order valence-corrected chi connectivity index (χ3v) is 5.32. The minimum absolute atomic E-state index is 0.385. The summed E-state index contributed by atoms with van der Waals surface area (Å²) in [7, 11) is 0.986. The van der Waals surface area contributed by atoms with Crippen LogP contribution < -0.4 is 15.5 Å². The zero-order valence-electron chi connectivity index (χ0n) is 16.8. The van der Waals surface area contributed by atoms with E-state index < -0.39 is 30.0 Å². The highest BCUT2D eigenvalue weighted by atomic mass is 19.1. The number of nitrogens with one attached hydrogen (secondary N) is 1. The molecule has 1 aliphatic heterocycles. The van der Waals surface area contributed by atoms with E-state index in [1.165, 1.54) is 19.2 Å². The fraction of sp³-hybridized carbons (Fsp3) is 0.450. The molecule has 0 bridgehead atoms. The van der Waals surface area contributed by atoms with E-state index in [1.54, 1.807) is 6.20 Å². The first kappa shape index (κ1) is 20.5. The topological polar surface area (TPSA) is 52.6 Å². The number of halogens is 2. The Balaban J connectivity index is 1.73. The molecule has 150 valence electrons. The van der Waals surface area contributed by atoms with Crippen LogP contribution in [-0.4, -0.2) is 37.0 Å². The van der Waals surface area contributed by atoms with Crippen LogP contribution in [0.2, 0.25) is 0 Å². The standard InChI is InChI=1S/C20H25BF2N2O3/c1-19(2)20(3,4)28-21(27-19)14-10-17(18(26-5)25-12-14)24-9-8-13-6-7-15(22)11-16(13)23/h6-7,10-12,24H,8-9H2,1-5H3. The third kappa shape index (κ3) is 4.13. The lowest BCUT2D eigenvalue weighted by Gasteiger charge is -2.32. The Morgan fingerprint density at radius 2 is 1.79 bits per heavy atom. The summed E-state index contributed by atoms with van der Waals surface area (Å²) in [4.78, 5) is 4.32. The van der Waals surface area contributed by atoms with Gasteiger partial charge in [0.1, 0.15) is 11.6 Å². The van der Waals surface area contributed by atoms with Gasteiger partial charge in [-0.1, -0.05) is 6.07 Å². The minimum atomic E-state index is -0.588. The largest absolute Gasteiger partial charge is 0.496 e. The van der Waals surface area contributed by atoms with E-state index in [4.69, 9.17) is 14.0 Å². The zero-order chi connectivity index (χ0) is 20.5. The summed E-state index contributed by atoms with van der Waals surface area (Å²) in [6.45, 7) is 8.37. The molecular formula is C20H25BF2N2O3. The molecule has 8 heteroatoms. The van der Waals surface area contributed by atoms with Gasteiger partial charge in [-0.15, -0.1) is 0 Å². The predicted molar refractivity (Wildman–Crippen MR) is 105 cm³/mol. The Morgan fingerprint density at radius 3 is 2.39 bits per heavy atom. The number of ether oxygens (including phenoxy) is 1. The predicted octanol–water partition coefficient (Wildman–Crippen LogP) is 3.32. The monoisotopic (exact) mass is 390 g/mol. The highest BCUT2D eigenvalue weighted by Gasteiger charge is 2.51. The summed E-state index contributed by atoms with van der Waals surface area (Å²) in [6, 6.07) is 5.44. The van der Waals surface area contributed by atoms with Gasteiger partial charge in [-0.2, -0.15) is 0 Å². The van der Waals surface area contributed by atoms with Crippen LogP contribution in [0.5, 0.6) is 5.88 Å². The molecule has 0 radical (unpaired) electrons. The van der Waals surface area contributed by atoms with Crippen molar-refractivity contribution in [1.82, 2.24) is 4.98 Å². The maximum Gasteiger partial charge on any atom is 0.496 e. The molecule has 1 fully saturated rings. The first-order valence-corrected chi connectivity index (χ1v) is 9.20. The van der Waals surface area contributed by atoms with Crippen molar-refractivity contribution >= 4 is 18.3 Å². The third-order valence-electron chi connectivity index (χ3n) is 5.32. The van der Waals surface area contributed by atoms with Crippen molar-refractivity contribution in [2.75, 3.05) is 19.0 Å². The van der Waals surface area contributed by atoms with Gasteiger partial charge in [0.05, 0.1) is 24.0 Å². The Kier molecular flexibility index (Phi) is 5.63. The van der Waals surface area contributed by atoms with E-state index in [1.807, 2.05) is 33.8 Å². The highest BCUT2D eigenvalue weighted by molar-refractivity contribution is 6.62. The average molecular weight is 390 g/mol. The Morgan fingerprint density at radius 1 is 1.11 bits per heavy atom. The minimum Gasteiger partial charge on any atom is -0.480 e. The second kappa shape index (κ2) is 7.68. The number of methoxy groups -OCH3 is 1. The zero-order valence-corrected chi connectivity index (χ0v) is 16.8. The van der Waals surface area contributed by atoms with Crippen molar-refractivity contribution in [3.05, 3.63) is 47.7 Å². The van der Waals surface area contributed by atoms with E-state index in [2.05, 4.69) is 10.3 Å². The summed E-state index contributed by atoms with van der Waals surface area (Å²) < 4.78 is 44.3. The van der Waals surface area contributed by atoms with E-state index >= 15 is 0 Å². The number of nitrogens with zero attached hydrogens (tertiary/aromatic N) is 1. The molecule has 0 saturated carbocycles. The van der Waals surface area contributed by atoms with E-state index in [0.717, 1.165) is 11.5 Å². The van der Waals surface area contributed by atoms with Crippen LogP contribution in [0.1, 0.15) is 33.3 Å². The number of aromatic nitrogens is 1. The van der Waals surface area contributed by atoms with Gasteiger partial charge in [0.15, 0.2) is 0 Å². The SMILES string of the molecule is COc1ncc(B2OC(C)(C)C(C)(C)O2)cc1NCCc1ccc(F)cc1F. The molecule has 28 heavy (non-hydrogen) atoms. The molecule has 1 N–H and O–H groups in total. The summed E-state index contributed by atoms with van der Waals surface area (Å²) in [5.74, 6) is -0.729. The quantitative estimate of drug-likeness (QED) is 0.767. The number of benzene rings is 1. The smallest absolute Gasteiger partial charge is 0.480 e. The fourth-order valence-electron chi connectivity index (χ4n) is 2.92. The number of hydrogen-bond donors (Lipinski definition) is 1. The van der Waals surface area contributed by atoms with Crippen LogP contribution >= 0.6 is 0 Å². The molecule has 5 nitrogen and oxygen atoms in total. The molecule has 0 atom stereocenters. The Hall–Kier alpha value is -2.19. The van der Waals surface area contributed by atoms with Crippen LogP contribution in [0.25, 0.3) is 0 Å². The summed E-state index contributed by atoms with van der Waals surface area (Å²) in [5, 5.41) is 3.20. The van der Waals surface area contributed by atoms with Crippen molar-refractivity contribution in [1.29, 1.82) is 0 Å². The summed E-state index contributed by atoms with van der Waals surface area (Å²) in [6.07, 6.45) is 2.04. The molecule has 2 heterocycles. The lowest BCUT2D eigenvalue weighted by molar-refractivity contribution is 0.00578. The number of pyridine rings is 1. The molecule has 0 aliphatic carbocycles. The van der Waals surface area contributed by atoms with E-state index in [0.29, 0.717) is 30.1 Å². The van der Waals surface area contributed by atoms with Crippen molar-refractivity contribution in [3.63, 3.8) is 0 Å². The average Bonchev–Trinajstić information content (AvgIpc) is 2.84. The number of rotatable bonds is 6. The van der Waals surface area contributed by atoms with Gasteiger partial charge in [-0.3, -0.25) is 0 Å². The van der Waals surface area contributed by atoms with Crippen molar-refractivity contribution in [2.24, 2.45) is 0 Å². The maximum atomic E-state index is 13.8. The normalized spacial score (nSPS) is 17.6. The van der Waals surface area contributed by atoms with Crippen molar-refractivity contribution < 1.29 is 22.8 Å². The Labute approximate surface area is 164 Å². The molecule has 1 aromatic carbocycles. The fourth-order valence-corrected chi connectivity index (χ4v) is 2.92. The van der Waals surface area contributed by atoms with Gasteiger partial charge in [0.25, 0.3) is 0 Å². The van der Waals surface area contributed by atoms with Gasteiger partial charge < -0.3 is 19.4 Å². The van der Waals surface area contributed by atoms with Crippen LogP contribution in [0.4, 0.5) is 14.5 Å². The molecule has 3 rings (SSSR count). The van der Waals surface area contributed by atoms with Crippen molar-refractivity contribution in [2.45, 2.75) is 45.3 Å². The first-order chi connectivity index (χ1) is 13.1.